The fraction of sp³-hybridized carbons (Fsp3) is 0.312. The molecule has 0 bridgehead atoms. The fourth-order valence-electron chi connectivity index (χ4n) is 4.99. The number of para-hydroxylation sites is 2. The lowest BCUT2D eigenvalue weighted by Gasteiger charge is -2.24. The summed E-state index contributed by atoms with van der Waals surface area (Å²) < 4.78 is 0. The summed E-state index contributed by atoms with van der Waals surface area (Å²) in [6, 6.07) is 22.9. The number of nitrogens with zero attached hydrogens (tertiary/aromatic N) is 2. The largest absolute Gasteiger partial charge is 0.396 e. The Morgan fingerprint density at radius 1 is 1.07 bits per heavy atom. The van der Waals surface area contributed by atoms with Crippen LogP contribution in [0.15, 0.2) is 72.8 Å². The number of fused-ring (bicyclic) bond motifs is 1. The lowest BCUT2D eigenvalue weighted by molar-refractivity contribution is -0.192. The second-order valence-corrected chi connectivity index (χ2v) is 10.2. The number of rotatable bonds is 8. The molecule has 4 aromatic rings. The topological polar surface area (TPSA) is 111 Å². The van der Waals surface area contributed by atoms with Gasteiger partial charge in [0.1, 0.15) is 18.0 Å². The third-order valence-electron chi connectivity index (χ3n) is 7.14. The van der Waals surface area contributed by atoms with Crippen LogP contribution >= 0.6 is 0 Å². The van der Waals surface area contributed by atoms with E-state index in [0.29, 0.717) is 19.5 Å². The van der Waals surface area contributed by atoms with Crippen molar-refractivity contribution < 1.29 is 19.8 Å². The van der Waals surface area contributed by atoms with E-state index in [1.807, 2.05) is 79.7 Å². The Kier molecular flexibility index (Phi) is 8.58. The first-order chi connectivity index (χ1) is 19.4. The van der Waals surface area contributed by atoms with Gasteiger partial charge in [0.2, 0.25) is 5.91 Å². The second kappa shape index (κ2) is 12.5. The van der Waals surface area contributed by atoms with Crippen molar-refractivity contribution in [3.63, 3.8) is 0 Å². The molecule has 0 saturated carbocycles. The average molecular weight is 539 g/mol. The first-order valence-electron chi connectivity index (χ1n) is 13.5. The molecular weight excluding hydrogens is 504 g/mol. The molecule has 1 aliphatic heterocycles. The second-order valence-electron chi connectivity index (χ2n) is 10.2. The molecule has 1 fully saturated rings. The van der Waals surface area contributed by atoms with Gasteiger partial charge in [0.05, 0.1) is 30.3 Å². The molecule has 0 unspecified atom stereocenters. The van der Waals surface area contributed by atoms with Crippen LogP contribution in [0.2, 0.25) is 0 Å². The molecule has 8 heteroatoms. The number of hydroxylamine groups is 2. The molecule has 1 aliphatic rings. The van der Waals surface area contributed by atoms with Crippen LogP contribution in [-0.4, -0.2) is 62.6 Å². The molecule has 5 rings (SSSR count). The number of imidazole rings is 1. The number of aliphatic hydroxyl groups is 2. The zero-order valence-electron chi connectivity index (χ0n) is 22.7. The number of hydrogen-bond donors (Lipinski definition) is 4. The quantitative estimate of drug-likeness (QED) is 0.257. The van der Waals surface area contributed by atoms with Crippen LogP contribution in [0.5, 0.6) is 0 Å². The summed E-state index contributed by atoms with van der Waals surface area (Å²) >= 11 is 0. The molecule has 8 nitrogen and oxygen atoms in total. The summed E-state index contributed by atoms with van der Waals surface area (Å²) in [5, 5.41) is 25.0. The van der Waals surface area contributed by atoms with Gasteiger partial charge in [0.15, 0.2) is 0 Å². The van der Waals surface area contributed by atoms with E-state index in [1.54, 1.807) is 12.0 Å². The van der Waals surface area contributed by atoms with Crippen LogP contribution in [0.3, 0.4) is 0 Å². The maximum absolute atomic E-state index is 13.4. The van der Waals surface area contributed by atoms with Gasteiger partial charge in [-0.15, -0.1) is 0 Å². The zero-order chi connectivity index (χ0) is 28.1. The molecule has 4 atom stereocenters. The highest BCUT2D eigenvalue weighted by molar-refractivity contribution is 5.82. The minimum Gasteiger partial charge on any atom is -0.396 e. The van der Waals surface area contributed by atoms with Gasteiger partial charge in [-0.3, -0.25) is 9.63 Å². The molecular formula is C32H34N4O4. The Morgan fingerprint density at radius 2 is 1.75 bits per heavy atom. The van der Waals surface area contributed by atoms with Crippen LogP contribution in [-0.2, 0) is 22.6 Å². The Hall–Kier alpha value is -4.00. The van der Waals surface area contributed by atoms with Crippen molar-refractivity contribution in [1.29, 1.82) is 0 Å². The van der Waals surface area contributed by atoms with E-state index in [4.69, 9.17) is 4.84 Å². The van der Waals surface area contributed by atoms with Crippen molar-refractivity contribution in [1.82, 2.24) is 20.3 Å². The predicted octanol–water partition coefficient (Wildman–Crippen LogP) is 3.10. The molecule has 40 heavy (non-hydrogen) atoms. The van der Waals surface area contributed by atoms with Crippen LogP contribution in [0.1, 0.15) is 35.0 Å². The van der Waals surface area contributed by atoms with E-state index in [2.05, 4.69) is 27.1 Å². The number of carbonyl (C=O) groups excluding carboxylic acids is 1. The lowest BCUT2D eigenvalue weighted by Crippen LogP contribution is -2.48. The van der Waals surface area contributed by atoms with Crippen molar-refractivity contribution in [2.75, 3.05) is 13.2 Å². The van der Waals surface area contributed by atoms with E-state index in [9.17, 15) is 15.0 Å². The number of aromatic nitrogens is 2. The maximum Gasteiger partial charge on any atom is 0.240 e. The summed E-state index contributed by atoms with van der Waals surface area (Å²) in [5.74, 6) is 6.29. The Labute approximate surface area is 234 Å². The molecule has 4 N–H and O–H groups in total. The van der Waals surface area contributed by atoms with Gasteiger partial charge in [0, 0.05) is 30.0 Å². The number of benzene rings is 3. The molecule has 2 heterocycles. The molecule has 1 aromatic heterocycles. The molecule has 0 aliphatic carbocycles. The SMILES string of the molecule is Cc1ccc(C#Cc2ccc(CN3O[C@@H]([C@H](C)O)[C@@H](CO)[C@H]3C(=O)NCCc3nc4ccccc4[nH]3)cc2)cc1. The number of aryl methyl sites for hydroxylation is 1. The Bertz CT molecular complexity index is 1470. The van der Waals surface area contributed by atoms with Crippen molar-refractivity contribution in [2.45, 2.75) is 45.1 Å². The third-order valence-corrected chi connectivity index (χ3v) is 7.14. The highest BCUT2D eigenvalue weighted by Gasteiger charge is 2.48. The number of amides is 1. The van der Waals surface area contributed by atoms with E-state index < -0.39 is 24.2 Å². The summed E-state index contributed by atoms with van der Waals surface area (Å²) in [5.41, 5.74) is 5.77. The third kappa shape index (κ3) is 6.41. The number of nitrogens with one attached hydrogen (secondary N) is 2. The average Bonchev–Trinajstić information content (AvgIpc) is 3.54. The number of H-pyrrole nitrogens is 1. The fourth-order valence-corrected chi connectivity index (χ4v) is 4.99. The summed E-state index contributed by atoms with van der Waals surface area (Å²) in [6.07, 6.45) is -1.02. The maximum atomic E-state index is 13.4. The molecule has 1 amide bonds. The van der Waals surface area contributed by atoms with Gasteiger partial charge in [-0.05, 0) is 55.8 Å². The Morgan fingerprint density at radius 3 is 2.40 bits per heavy atom. The normalized spacial score (nSPS) is 19.8. The van der Waals surface area contributed by atoms with Crippen molar-refractivity contribution in [3.05, 3.63) is 101 Å². The molecule has 3 aromatic carbocycles. The van der Waals surface area contributed by atoms with Crippen LogP contribution < -0.4 is 5.32 Å². The summed E-state index contributed by atoms with van der Waals surface area (Å²) in [7, 11) is 0. The first-order valence-corrected chi connectivity index (χ1v) is 13.5. The smallest absolute Gasteiger partial charge is 0.240 e. The van der Waals surface area contributed by atoms with E-state index in [-0.39, 0.29) is 12.5 Å². The number of aliphatic hydroxyl groups excluding tert-OH is 2. The molecule has 206 valence electrons. The minimum absolute atomic E-state index is 0.265. The van der Waals surface area contributed by atoms with Gasteiger partial charge >= 0.3 is 0 Å². The Balaban J connectivity index is 1.25. The van der Waals surface area contributed by atoms with Crippen LogP contribution in [0.25, 0.3) is 11.0 Å². The molecule has 0 radical (unpaired) electrons. The van der Waals surface area contributed by atoms with Crippen molar-refractivity contribution in [2.24, 2.45) is 5.92 Å². The van der Waals surface area contributed by atoms with Gasteiger partial charge < -0.3 is 20.5 Å². The van der Waals surface area contributed by atoms with E-state index in [0.717, 1.165) is 33.5 Å². The molecule has 0 spiro atoms. The summed E-state index contributed by atoms with van der Waals surface area (Å²) in [6.45, 7) is 4.04. The highest BCUT2D eigenvalue weighted by atomic mass is 16.7. The number of aromatic amines is 1. The molecule has 1 saturated heterocycles. The monoisotopic (exact) mass is 538 g/mol. The number of hydrogen-bond acceptors (Lipinski definition) is 6. The zero-order valence-corrected chi connectivity index (χ0v) is 22.7. The van der Waals surface area contributed by atoms with Crippen LogP contribution in [0, 0.1) is 24.7 Å². The van der Waals surface area contributed by atoms with Crippen molar-refractivity contribution >= 4 is 16.9 Å². The van der Waals surface area contributed by atoms with Gasteiger partial charge in [-0.2, -0.15) is 5.06 Å². The van der Waals surface area contributed by atoms with E-state index in [1.165, 1.54) is 5.56 Å². The highest BCUT2D eigenvalue weighted by Crippen LogP contribution is 2.31. The first kappa shape index (κ1) is 27.6. The van der Waals surface area contributed by atoms with Gasteiger partial charge in [-0.25, -0.2) is 4.98 Å². The van der Waals surface area contributed by atoms with Gasteiger partial charge in [-0.1, -0.05) is 53.8 Å². The van der Waals surface area contributed by atoms with Crippen molar-refractivity contribution in [3.8, 4) is 11.8 Å². The predicted molar refractivity (Wildman–Crippen MR) is 153 cm³/mol. The van der Waals surface area contributed by atoms with Crippen LogP contribution in [0.4, 0.5) is 0 Å². The number of carbonyl (C=O) groups is 1. The van der Waals surface area contributed by atoms with Gasteiger partial charge in [0.25, 0.3) is 0 Å². The summed E-state index contributed by atoms with van der Waals surface area (Å²) in [4.78, 5) is 27.2. The minimum atomic E-state index is -0.854. The standard InChI is InChI=1S/C32H34N4O4/c1-21-7-9-23(10-8-21)11-12-24-13-15-25(16-14-24)19-36-30(26(20-37)31(40-36)22(2)38)32(39)33-18-17-29-34-27-5-3-4-6-28(27)35-29/h3-10,13-16,22,26,30-31,37-38H,17-20H2,1-2H3,(H,33,39)(H,34,35)/t22-,26-,30-,31-/m0/s1. The van der Waals surface area contributed by atoms with E-state index >= 15 is 0 Å². The lowest BCUT2D eigenvalue weighted by atomic mass is 9.92.